The van der Waals surface area contributed by atoms with Gasteiger partial charge in [0.05, 0.1) is 18.5 Å². The monoisotopic (exact) mass is 300 g/mol. The molecule has 3 rings (SSSR count). The first-order valence-corrected chi connectivity index (χ1v) is 7.47. The van der Waals surface area contributed by atoms with Crippen LogP contribution in [-0.2, 0) is 4.74 Å². The molecule has 0 aliphatic carbocycles. The van der Waals surface area contributed by atoms with Crippen LogP contribution in [0, 0.1) is 0 Å². The molecule has 2 heterocycles. The molecule has 2 atom stereocenters. The highest BCUT2D eigenvalue weighted by molar-refractivity contribution is 6.02. The summed E-state index contributed by atoms with van der Waals surface area (Å²) in [5, 5.41) is 2.82. The number of morpholine rings is 1. The zero-order valence-corrected chi connectivity index (χ0v) is 12.8. The van der Waals surface area contributed by atoms with Crippen molar-refractivity contribution in [1.29, 1.82) is 0 Å². The highest BCUT2D eigenvalue weighted by Crippen LogP contribution is 2.22. The molecule has 116 valence electrons. The summed E-state index contributed by atoms with van der Waals surface area (Å²) in [6.07, 6.45) is 1.93. The molecule has 1 aromatic heterocycles. The number of ether oxygens (including phenoxy) is 1. The number of amides is 1. The summed E-state index contributed by atoms with van der Waals surface area (Å²) in [7, 11) is 0. The molecular weight excluding hydrogens is 280 g/mol. The quantitative estimate of drug-likeness (QED) is 0.946. The Labute approximate surface area is 129 Å². The third-order valence-electron chi connectivity index (χ3n) is 3.65. The van der Waals surface area contributed by atoms with Crippen LogP contribution >= 0.6 is 0 Å². The number of rotatable bonds is 3. The standard InChI is InChI=1S/C17H20N2O3/c1-12-10-19(11-13(2)22-12)15-7-5-14(6-8-15)18-17(20)16-4-3-9-21-16/h3-9,12-13H,10-11H2,1-2H3,(H,18,20)/t12-,13+. The van der Waals surface area contributed by atoms with Gasteiger partial charge >= 0.3 is 0 Å². The number of hydrogen-bond donors (Lipinski definition) is 1. The predicted molar refractivity (Wildman–Crippen MR) is 85.3 cm³/mol. The van der Waals surface area contributed by atoms with Crippen molar-refractivity contribution in [3.05, 3.63) is 48.4 Å². The molecule has 0 saturated carbocycles. The Morgan fingerprint density at radius 3 is 2.41 bits per heavy atom. The van der Waals surface area contributed by atoms with Crippen LogP contribution in [0.5, 0.6) is 0 Å². The van der Waals surface area contributed by atoms with Crippen LogP contribution in [-0.4, -0.2) is 31.2 Å². The Kier molecular flexibility index (Phi) is 4.15. The molecule has 1 saturated heterocycles. The minimum atomic E-state index is -0.244. The van der Waals surface area contributed by atoms with E-state index >= 15 is 0 Å². The first kappa shape index (κ1) is 14.7. The number of furan rings is 1. The Hall–Kier alpha value is -2.27. The second-order valence-corrected chi connectivity index (χ2v) is 5.64. The summed E-state index contributed by atoms with van der Waals surface area (Å²) in [4.78, 5) is 14.2. The van der Waals surface area contributed by atoms with Crippen molar-refractivity contribution in [2.75, 3.05) is 23.3 Å². The Balaban J connectivity index is 1.66. The predicted octanol–water partition coefficient (Wildman–Crippen LogP) is 3.15. The number of hydrogen-bond acceptors (Lipinski definition) is 4. The summed E-state index contributed by atoms with van der Waals surface area (Å²) in [6, 6.07) is 11.2. The van der Waals surface area contributed by atoms with Gasteiger partial charge in [0, 0.05) is 24.5 Å². The maximum atomic E-state index is 11.9. The molecule has 1 aliphatic rings. The van der Waals surface area contributed by atoms with E-state index in [0.717, 1.165) is 24.5 Å². The molecular formula is C17H20N2O3. The number of anilines is 2. The van der Waals surface area contributed by atoms with Gasteiger partial charge in [-0.25, -0.2) is 0 Å². The summed E-state index contributed by atoms with van der Waals surface area (Å²) >= 11 is 0. The van der Waals surface area contributed by atoms with Gasteiger partial charge in [0.1, 0.15) is 0 Å². The molecule has 1 fully saturated rings. The van der Waals surface area contributed by atoms with Crippen molar-refractivity contribution in [3.8, 4) is 0 Å². The Bertz CT molecular complexity index is 612. The first-order chi connectivity index (χ1) is 10.6. The fourth-order valence-electron chi connectivity index (χ4n) is 2.74. The van der Waals surface area contributed by atoms with E-state index in [2.05, 4.69) is 24.1 Å². The molecule has 0 radical (unpaired) electrons. The van der Waals surface area contributed by atoms with Crippen LogP contribution in [0.25, 0.3) is 0 Å². The highest BCUT2D eigenvalue weighted by Gasteiger charge is 2.22. The lowest BCUT2D eigenvalue weighted by Gasteiger charge is -2.36. The lowest BCUT2D eigenvalue weighted by molar-refractivity contribution is -0.00521. The smallest absolute Gasteiger partial charge is 0.291 e. The average molecular weight is 300 g/mol. The van der Waals surface area contributed by atoms with Crippen molar-refractivity contribution in [1.82, 2.24) is 0 Å². The first-order valence-electron chi connectivity index (χ1n) is 7.47. The summed E-state index contributed by atoms with van der Waals surface area (Å²) in [6.45, 7) is 5.92. The van der Waals surface area contributed by atoms with Gasteiger partial charge in [0.15, 0.2) is 5.76 Å². The molecule has 1 aromatic carbocycles. The molecule has 22 heavy (non-hydrogen) atoms. The molecule has 5 nitrogen and oxygen atoms in total. The van der Waals surface area contributed by atoms with Gasteiger partial charge < -0.3 is 19.4 Å². The zero-order chi connectivity index (χ0) is 15.5. The second-order valence-electron chi connectivity index (χ2n) is 5.64. The van der Waals surface area contributed by atoms with Crippen molar-refractivity contribution in [2.45, 2.75) is 26.1 Å². The fraction of sp³-hybridized carbons (Fsp3) is 0.353. The lowest BCUT2D eigenvalue weighted by Crippen LogP contribution is -2.45. The van der Waals surface area contributed by atoms with Crippen LogP contribution < -0.4 is 10.2 Å². The fourth-order valence-corrected chi connectivity index (χ4v) is 2.74. The normalized spacial score (nSPS) is 21.6. The van der Waals surface area contributed by atoms with Gasteiger partial charge in [-0.05, 0) is 50.2 Å². The largest absolute Gasteiger partial charge is 0.459 e. The minimum Gasteiger partial charge on any atom is -0.459 e. The van der Waals surface area contributed by atoms with E-state index in [4.69, 9.17) is 9.15 Å². The third-order valence-corrected chi connectivity index (χ3v) is 3.65. The molecule has 2 aromatic rings. The number of carbonyl (C=O) groups is 1. The molecule has 0 spiro atoms. The topological polar surface area (TPSA) is 54.7 Å². The maximum absolute atomic E-state index is 11.9. The van der Waals surface area contributed by atoms with E-state index in [1.165, 1.54) is 6.26 Å². The Morgan fingerprint density at radius 2 is 1.82 bits per heavy atom. The molecule has 1 amide bonds. The summed E-state index contributed by atoms with van der Waals surface area (Å²) < 4.78 is 10.8. The van der Waals surface area contributed by atoms with Crippen molar-refractivity contribution in [2.24, 2.45) is 0 Å². The van der Waals surface area contributed by atoms with Gasteiger partial charge in [-0.3, -0.25) is 4.79 Å². The molecule has 0 bridgehead atoms. The van der Waals surface area contributed by atoms with E-state index < -0.39 is 0 Å². The van der Waals surface area contributed by atoms with Gasteiger partial charge in [0.25, 0.3) is 5.91 Å². The lowest BCUT2D eigenvalue weighted by atomic mass is 10.2. The SMILES string of the molecule is C[C@@H]1CN(c2ccc(NC(=O)c3ccco3)cc2)C[C@H](C)O1. The van der Waals surface area contributed by atoms with Crippen molar-refractivity contribution in [3.63, 3.8) is 0 Å². The average Bonchev–Trinajstić information content (AvgIpc) is 3.01. The maximum Gasteiger partial charge on any atom is 0.291 e. The number of benzene rings is 1. The van der Waals surface area contributed by atoms with E-state index in [0.29, 0.717) is 5.76 Å². The van der Waals surface area contributed by atoms with Crippen LogP contribution in [0.3, 0.4) is 0 Å². The van der Waals surface area contributed by atoms with Crippen LogP contribution in [0.4, 0.5) is 11.4 Å². The summed E-state index contributed by atoms with van der Waals surface area (Å²) in [5.74, 6) is 0.0614. The molecule has 1 N–H and O–H groups in total. The van der Waals surface area contributed by atoms with Gasteiger partial charge in [-0.1, -0.05) is 0 Å². The highest BCUT2D eigenvalue weighted by atomic mass is 16.5. The van der Waals surface area contributed by atoms with E-state index in [1.54, 1.807) is 12.1 Å². The molecule has 1 aliphatic heterocycles. The number of nitrogens with one attached hydrogen (secondary N) is 1. The van der Waals surface area contributed by atoms with Gasteiger partial charge in [-0.15, -0.1) is 0 Å². The number of nitrogens with zero attached hydrogens (tertiary/aromatic N) is 1. The van der Waals surface area contributed by atoms with Crippen LogP contribution in [0.2, 0.25) is 0 Å². The van der Waals surface area contributed by atoms with E-state index in [1.807, 2.05) is 24.3 Å². The van der Waals surface area contributed by atoms with Crippen LogP contribution in [0.1, 0.15) is 24.4 Å². The van der Waals surface area contributed by atoms with Crippen LogP contribution in [0.15, 0.2) is 47.1 Å². The Morgan fingerprint density at radius 1 is 1.14 bits per heavy atom. The molecule has 5 heteroatoms. The minimum absolute atomic E-state index is 0.224. The van der Waals surface area contributed by atoms with Crippen molar-refractivity contribution >= 4 is 17.3 Å². The van der Waals surface area contributed by atoms with Crippen molar-refractivity contribution < 1.29 is 13.9 Å². The van der Waals surface area contributed by atoms with Gasteiger partial charge in [-0.2, -0.15) is 0 Å². The number of carbonyl (C=O) groups excluding carboxylic acids is 1. The third kappa shape index (κ3) is 3.31. The van der Waals surface area contributed by atoms with Gasteiger partial charge in [0.2, 0.25) is 0 Å². The zero-order valence-electron chi connectivity index (χ0n) is 12.8. The molecule has 0 unspecified atom stereocenters. The second kappa shape index (κ2) is 6.23. The van der Waals surface area contributed by atoms with E-state index in [9.17, 15) is 4.79 Å². The summed E-state index contributed by atoms with van der Waals surface area (Å²) in [5.41, 5.74) is 1.89. The van der Waals surface area contributed by atoms with E-state index in [-0.39, 0.29) is 18.1 Å².